The fourth-order valence-corrected chi connectivity index (χ4v) is 3.49. The zero-order valence-corrected chi connectivity index (χ0v) is 17.1. The van der Waals surface area contributed by atoms with E-state index in [2.05, 4.69) is 23.3 Å². The Morgan fingerprint density at radius 2 is 2.11 bits per heavy atom. The van der Waals surface area contributed by atoms with E-state index in [-0.39, 0.29) is 16.5 Å². The standard InChI is InChI=1S/C20H20ClN3O3S/c1-3-4-5-14-7-6-13(11-22)19(24-14)28-12(2)18(25)23-15-8-9-17(21)16(10-15)20(26)27/h6-10,12H,3-5H2,1-2H3,(H,23,25)(H,26,27). The molecule has 0 spiro atoms. The molecule has 2 rings (SSSR count). The number of nitrogens with zero attached hydrogens (tertiary/aromatic N) is 2. The summed E-state index contributed by atoms with van der Waals surface area (Å²) < 4.78 is 0. The van der Waals surface area contributed by atoms with Crippen molar-refractivity contribution >= 4 is 40.9 Å². The molecule has 1 heterocycles. The second-order valence-corrected chi connectivity index (χ2v) is 7.86. The number of rotatable bonds is 8. The fourth-order valence-electron chi connectivity index (χ4n) is 2.38. The van der Waals surface area contributed by atoms with Gasteiger partial charge in [0, 0.05) is 11.4 Å². The van der Waals surface area contributed by atoms with Crippen molar-refractivity contribution in [2.45, 2.75) is 43.4 Å². The van der Waals surface area contributed by atoms with Gasteiger partial charge in [0.15, 0.2) is 0 Å². The van der Waals surface area contributed by atoms with Crippen LogP contribution in [0.3, 0.4) is 0 Å². The van der Waals surface area contributed by atoms with E-state index < -0.39 is 11.2 Å². The van der Waals surface area contributed by atoms with E-state index in [1.165, 1.54) is 30.0 Å². The van der Waals surface area contributed by atoms with Gasteiger partial charge < -0.3 is 10.4 Å². The van der Waals surface area contributed by atoms with E-state index in [1.807, 2.05) is 6.07 Å². The number of carbonyl (C=O) groups excluding carboxylic acids is 1. The minimum absolute atomic E-state index is 0.0863. The van der Waals surface area contributed by atoms with Crippen LogP contribution < -0.4 is 5.32 Å². The summed E-state index contributed by atoms with van der Waals surface area (Å²) in [5.41, 5.74) is 1.56. The molecule has 0 aliphatic carbocycles. The third-order valence-electron chi connectivity index (χ3n) is 3.95. The van der Waals surface area contributed by atoms with Crippen LogP contribution in [0.15, 0.2) is 35.4 Å². The molecule has 0 bridgehead atoms. The first-order valence-corrected chi connectivity index (χ1v) is 10.0. The molecule has 1 amide bonds. The van der Waals surface area contributed by atoms with Gasteiger partial charge in [0.1, 0.15) is 11.1 Å². The highest BCUT2D eigenvalue weighted by Gasteiger charge is 2.19. The molecule has 0 aliphatic rings. The Morgan fingerprint density at radius 1 is 1.36 bits per heavy atom. The zero-order valence-electron chi connectivity index (χ0n) is 15.5. The van der Waals surface area contributed by atoms with Crippen molar-refractivity contribution in [1.82, 2.24) is 4.98 Å². The van der Waals surface area contributed by atoms with E-state index in [0.717, 1.165) is 25.0 Å². The number of hydrogen-bond donors (Lipinski definition) is 2. The Bertz CT molecular complexity index is 927. The number of unbranched alkanes of at least 4 members (excludes halogenated alkanes) is 1. The molecule has 1 aromatic heterocycles. The highest BCUT2D eigenvalue weighted by Crippen LogP contribution is 2.27. The monoisotopic (exact) mass is 417 g/mol. The Balaban J connectivity index is 2.13. The molecule has 0 fully saturated rings. The molecule has 6 nitrogen and oxygen atoms in total. The smallest absolute Gasteiger partial charge is 0.337 e. The van der Waals surface area contributed by atoms with E-state index in [0.29, 0.717) is 16.3 Å². The predicted octanol–water partition coefficient (Wildman–Crippen LogP) is 4.77. The van der Waals surface area contributed by atoms with Crippen molar-refractivity contribution in [3.05, 3.63) is 52.2 Å². The van der Waals surface area contributed by atoms with Gasteiger partial charge in [-0.3, -0.25) is 4.79 Å². The molecule has 2 aromatic rings. The summed E-state index contributed by atoms with van der Waals surface area (Å²) in [6.07, 6.45) is 2.86. The number of pyridine rings is 1. The van der Waals surface area contributed by atoms with Gasteiger partial charge in [-0.05, 0) is 50.1 Å². The molecular weight excluding hydrogens is 398 g/mol. The molecule has 1 aromatic carbocycles. The Morgan fingerprint density at radius 3 is 2.75 bits per heavy atom. The van der Waals surface area contributed by atoms with Crippen molar-refractivity contribution in [2.24, 2.45) is 0 Å². The first-order chi connectivity index (χ1) is 13.3. The molecular formula is C20H20ClN3O3S. The van der Waals surface area contributed by atoms with Gasteiger partial charge in [-0.1, -0.05) is 36.7 Å². The molecule has 8 heteroatoms. The number of halogens is 1. The van der Waals surface area contributed by atoms with Crippen LogP contribution in [-0.4, -0.2) is 27.2 Å². The number of aryl methyl sites for hydroxylation is 1. The lowest BCUT2D eigenvalue weighted by Crippen LogP contribution is -2.23. The molecule has 0 aliphatic heterocycles. The van der Waals surface area contributed by atoms with E-state index in [9.17, 15) is 14.9 Å². The highest BCUT2D eigenvalue weighted by molar-refractivity contribution is 8.00. The number of thioether (sulfide) groups is 1. The summed E-state index contributed by atoms with van der Waals surface area (Å²) in [6, 6.07) is 9.93. The normalized spacial score (nSPS) is 11.5. The number of hydrogen-bond acceptors (Lipinski definition) is 5. The van der Waals surface area contributed by atoms with Crippen molar-refractivity contribution < 1.29 is 14.7 Å². The van der Waals surface area contributed by atoms with Crippen LogP contribution in [0.25, 0.3) is 0 Å². The number of carboxylic acid groups (broad SMARTS) is 1. The molecule has 1 atom stereocenters. The number of carbonyl (C=O) groups is 2. The van der Waals surface area contributed by atoms with Crippen LogP contribution >= 0.6 is 23.4 Å². The number of benzene rings is 1. The number of anilines is 1. The third kappa shape index (κ3) is 5.72. The van der Waals surface area contributed by atoms with Crippen LogP contribution in [0.2, 0.25) is 5.02 Å². The Hall–Kier alpha value is -2.56. The van der Waals surface area contributed by atoms with E-state index >= 15 is 0 Å². The number of nitrogens with one attached hydrogen (secondary N) is 1. The first kappa shape index (κ1) is 21.7. The maximum Gasteiger partial charge on any atom is 0.337 e. The lowest BCUT2D eigenvalue weighted by atomic mass is 10.2. The van der Waals surface area contributed by atoms with Gasteiger partial charge in [0.25, 0.3) is 0 Å². The van der Waals surface area contributed by atoms with Gasteiger partial charge in [-0.15, -0.1) is 0 Å². The van der Waals surface area contributed by atoms with Gasteiger partial charge in [0.2, 0.25) is 5.91 Å². The number of nitriles is 1. The van der Waals surface area contributed by atoms with Crippen molar-refractivity contribution in [2.75, 3.05) is 5.32 Å². The maximum absolute atomic E-state index is 12.5. The van der Waals surface area contributed by atoms with Crippen molar-refractivity contribution in [3.63, 3.8) is 0 Å². The fraction of sp³-hybridized carbons (Fsp3) is 0.300. The molecule has 146 valence electrons. The zero-order chi connectivity index (χ0) is 20.7. The summed E-state index contributed by atoms with van der Waals surface area (Å²) in [5, 5.41) is 21.2. The van der Waals surface area contributed by atoms with Crippen LogP contribution in [0.4, 0.5) is 5.69 Å². The molecule has 2 N–H and O–H groups in total. The minimum atomic E-state index is -1.17. The van der Waals surface area contributed by atoms with Crippen LogP contribution in [-0.2, 0) is 11.2 Å². The van der Waals surface area contributed by atoms with Crippen molar-refractivity contribution in [1.29, 1.82) is 5.26 Å². The molecule has 0 saturated heterocycles. The summed E-state index contributed by atoms with van der Waals surface area (Å²) in [7, 11) is 0. The quantitative estimate of drug-likeness (QED) is 0.600. The van der Waals surface area contributed by atoms with Crippen LogP contribution in [0.5, 0.6) is 0 Å². The number of carboxylic acids is 1. The average Bonchev–Trinajstić information content (AvgIpc) is 2.67. The average molecular weight is 418 g/mol. The van der Waals surface area contributed by atoms with Crippen molar-refractivity contribution in [3.8, 4) is 6.07 Å². The first-order valence-electron chi connectivity index (χ1n) is 8.76. The second kappa shape index (κ2) is 10.1. The molecule has 0 saturated carbocycles. The van der Waals surface area contributed by atoms with Gasteiger partial charge in [-0.2, -0.15) is 5.26 Å². The van der Waals surface area contributed by atoms with Gasteiger partial charge >= 0.3 is 5.97 Å². The molecule has 28 heavy (non-hydrogen) atoms. The maximum atomic E-state index is 12.5. The van der Waals surface area contributed by atoms with Gasteiger partial charge in [-0.25, -0.2) is 9.78 Å². The number of aromatic nitrogens is 1. The second-order valence-electron chi connectivity index (χ2n) is 6.12. The summed E-state index contributed by atoms with van der Waals surface area (Å²) >= 11 is 7.04. The van der Waals surface area contributed by atoms with Gasteiger partial charge in [0.05, 0.1) is 21.4 Å². The van der Waals surface area contributed by atoms with Crippen LogP contribution in [0.1, 0.15) is 48.3 Å². The third-order valence-corrected chi connectivity index (χ3v) is 5.38. The summed E-state index contributed by atoms with van der Waals surface area (Å²) in [5.74, 6) is -1.50. The highest BCUT2D eigenvalue weighted by atomic mass is 35.5. The SMILES string of the molecule is CCCCc1ccc(C#N)c(SC(C)C(=O)Nc2ccc(Cl)c(C(=O)O)c2)n1. The number of amides is 1. The van der Waals surface area contributed by atoms with Crippen LogP contribution in [0, 0.1) is 11.3 Å². The molecule has 0 radical (unpaired) electrons. The Labute approximate surface area is 172 Å². The summed E-state index contributed by atoms with van der Waals surface area (Å²) in [4.78, 5) is 28.2. The topological polar surface area (TPSA) is 103 Å². The molecule has 1 unspecified atom stereocenters. The van der Waals surface area contributed by atoms with E-state index in [1.54, 1.807) is 13.0 Å². The largest absolute Gasteiger partial charge is 0.478 e. The number of aromatic carboxylic acids is 1. The lowest BCUT2D eigenvalue weighted by molar-refractivity contribution is -0.115. The minimum Gasteiger partial charge on any atom is -0.478 e. The lowest BCUT2D eigenvalue weighted by Gasteiger charge is -2.13. The summed E-state index contributed by atoms with van der Waals surface area (Å²) in [6.45, 7) is 3.80. The predicted molar refractivity (Wildman–Crippen MR) is 110 cm³/mol. The van der Waals surface area contributed by atoms with E-state index in [4.69, 9.17) is 16.7 Å². The Kier molecular flexibility index (Phi) is 7.85.